The monoisotopic (exact) mass is 210 g/mol. The summed E-state index contributed by atoms with van der Waals surface area (Å²) >= 11 is 0. The molecular formula is C12H15FO2. The normalized spacial score (nSPS) is 10.0. The molecule has 0 spiro atoms. The van der Waals surface area contributed by atoms with Crippen LogP contribution in [0.2, 0.25) is 0 Å². The van der Waals surface area contributed by atoms with Gasteiger partial charge in [0.2, 0.25) is 0 Å². The van der Waals surface area contributed by atoms with E-state index in [1.165, 1.54) is 18.2 Å². The van der Waals surface area contributed by atoms with Gasteiger partial charge >= 0.3 is 0 Å². The van der Waals surface area contributed by atoms with Crippen LogP contribution in [0.5, 0.6) is 5.75 Å². The fourth-order valence-electron chi connectivity index (χ4n) is 1.28. The van der Waals surface area contributed by atoms with Gasteiger partial charge in [-0.25, -0.2) is 4.39 Å². The molecule has 0 amide bonds. The van der Waals surface area contributed by atoms with Gasteiger partial charge in [0, 0.05) is 0 Å². The number of hydrogen-bond donors (Lipinski definition) is 0. The van der Waals surface area contributed by atoms with E-state index in [1.807, 2.05) is 0 Å². The molecular weight excluding hydrogens is 195 g/mol. The molecule has 0 aliphatic heterocycles. The number of hydrogen-bond acceptors (Lipinski definition) is 2. The lowest BCUT2D eigenvalue weighted by atomic mass is 10.2. The summed E-state index contributed by atoms with van der Waals surface area (Å²) in [6.07, 6.45) is 3.77. The van der Waals surface area contributed by atoms with Crippen molar-refractivity contribution in [3.63, 3.8) is 0 Å². The summed E-state index contributed by atoms with van der Waals surface area (Å²) in [6.45, 7) is 2.68. The van der Waals surface area contributed by atoms with Crippen molar-refractivity contribution in [2.45, 2.75) is 26.2 Å². The van der Waals surface area contributed by atoms with Gasteiger partial charge in [-0.2, -0.15) is 0 Å². The number of aldehydes is 1. The lowest BCUT2D eigenvalue weighted by molar-refractivity contribution is 0.111. The highest BCUT2D eigenvalue weighted by Gasteiger charge is 2.03. The zero-order chi connectivity index (χ0) is 11.1. The van der Waals surface area contributed by atoms with Gasteiger partial charge in [0.15, 0.2) is 6.29 Å². The van der Waals surface area contributed by atoms with Crippen molar-refractivity contribution in [2.24, 2.45) is 0 Å². The van der Waals surface area contributed by atoms with Crippen molar-refractivity contribution in [2.75, 3.05) is 6.61 Å². The molecule has 1 rings (SSSR count). The van der Waals surface area contributed by atoms with Crippen molar-refractivity contribution in [1.82, 2.24) is 0 Å². The fraction of sp³-hybridized carbons (Fsp3) is 0.417. The summed E-state index contributed by atoms with van der Waals surface area (Å²) in [6, 6.07) is 3.97. The van der Waals surface area contributed by atoms with E-state index in [-0.39, 0.29) is 5.56 Å². The summed E-state index contributed by atoms with van der Waals surface area (Å²) in [5.74, 6) is 0.0421. The number of unbranched alkanes of at least 4 members (excludes halogenated alkanes) is 2. The minimum Gasteiger partial charge on any atom is -0.493 e. The van der Waals surface area contributed by atoms with Gasteiger partial charge in [-0.15, -0.1) is 0 Å². The summed E-state index contributed by atoms with van der Waals surface area (Å²) in [4.78, 5) is 10.6. The first kappa shape index (κ1) is 11.7. The maximum absolute atomic E-state index is 12.8. The van der Waals surface area contributed by atoms with Crippen LogP contribution in [-0.2, 0) is 0 Å². The largest absolute Gasteiger partial charge is 0.493 e. The molecule has 0 atom stereocenters. The van der Waals surface area contributed by atoms with Crippen LogP contribution in [0.15, 0.2) is 18.2 Å². The molecule has 0 saturated heterocycles. The van der Waals surface area contributed by atoms with Crippen LogP contribution in [-0.4, -0.2) is 12.9 Å². The molecule has 1 aromatic rings. The minimum atomic E-state index is -0.419. The van der Waals surface area contributed by atoms with Crippen LogP contribution < -0.4 is 4.74 Å². The summed E-state index contributed by atoms with van der Waals surface area (Å²) < 4.78 is 18.1. The van der Waals surface area contributed by atoms with E-state index in [9.17, 15) is 9.18 Å². The first-order valence-electron chi connectivity index (χ1n) is 5.15. The molecule has 1 aromatic carbocycles. The molecule has 0 bridgehead atoms. The lowest BCUT2D eigenvalue weighted by Gasteiger charge is -2.07. The smallest absolute Gasteiger partial charge is 0.153 e. The zero-order valence-corrected chi connectivity index (χ0v) is 8.83. The Morgan fingerprint density at radius 1 is 1.40 bits per heavy atom. The number of ether oxygens (including phenoxy) is 1. The molecule has 0 saturated carbocycles. The van der Waals surface area contributed by atoms with Gasteiger partial charge in [-0.1, -0.05) is 19.8 Å². The predicted molar refractivity (Wildman–Crippen MR) is 56.8 cm³/mol. The summed E-state index contributed by atoms with van der Waals surface area (Å²) in [7, 11) is 0. The van der Waals surface area contributed by atoms with Crippen molar-refractivity contribution in [3.8, 4) is 5.75 Å². The van der Waals surface area contributed by atoms with Crippen LogP contribution in [0.4, 0.5) is 4.39 Å². The Labute approximate surface area is 89.1 Å². The molecule has 0 aliphatic rings. The van der Waals surface area contributed by atoms with Crippen LogP contribution in [0.1, 0.15) is 36.5 Å². The van der Waals surface area contributed by atoms with E-state index < -0.39 is 5.82 Å². The summed E-state index contributed by atoms with van der Waals surface area (Å²) in [5, 5.41) is 0. The van der Waals surface area contributed by atoms with Crippen molar-refractivity contribution in [1.29, 1.82) is 0 Å². The van der Waals surface area contributed by atoms with Gasteiger partial charge in [0.05, 0.1) is 12.2 Å². The van der Waals surface area contributed by atoms with Gasteiger partial charge < -0.3 is 4.74 Å². The molecule has 3 heteroatoms. The van der Waals surface area contributed by atoms with E-state index >= 15 is 0 Å². The molecule has 0 aromatic heterocycles. The van der Waals surface area contributed by atoms with E-state index in [1.54, 1.807) is 0 Å². The molecule has 0 heterocycles. The van der Waals surface area contributed by atoms with E-state index in [2.05, 4.69) is 6.92 Å². The number of rotatable bonds is 6. The maximum Gasteiger partial charge on any atom is 0.153 e. The zero-order valence-electron chi connectivity index (χ0n) is 8.83. The Balaban J connectivity index is 2.56. The molecule has 0 aliphatic carbocycles. The minimum absolute atomic E-state index is 0.270. The quantitative estimate of drug-likeness (QED) is 0.532. The van der Waals surface area contributed by atoms with Gasteiger partial charge in [0.1, 0.15) is 11.6 Å². The number of carbonyl (C=O) groups is 1. The SMILES string of the molecule is CCCCCOc1ccc(F)cc1C=O. The molecule has 15 heavy (non-hydrogen) atoms. The van der Waals surface area contributed by atoms with Gasteiger partial charge in [-0.05, 0) is 24.6 Å². The highest BCUT2D eigenvalue weighted by Crippen LogP contribution is 2.18. The molecule has 0 unspecified atom stereocenters. The average Bonchev–Trinajstić information content (AvgIpc) is 2.26. The predicted octanol–water partition coefficient (Wildman–Crippen LogP) is 3.21. The highest BCUT2D eigenvalue weighted by atomic mass is 19.1. The molecule has 0 radical (unpaired) electrons. The Morgan fingerprint density at radius 2 is 2.20 bits per heavy atom. The Morgan fingerprint density at radius 3 is 2.87 bits per heavy atom. The van der Waals surface area contributed by atoms with Crippen LogP contribution in [0.25, 0.3) is 0 Å². The van der Waals surface area contributed by atoms with Gasteiger partial charge in [-0.3, -0.25) is 4.79 Å². The third kappa shape index (κ3) is 3.70. The average molecular weight is 210 g/mol. The number of benzene rings is 1. The number of halogens is 1. The second-order valence-electron chi connectivity index (χ2n) is 3.36. The third-order valence-electron chi connectivity index (χ3n) is 2.10. The topological polar surface area (TPSA) is 26.3 Å². The van der Waals surface area contributed by atoms with Crippen molar-refractivity contribution >= 4 is 6.29 Å². The summed E-state index contributed by atoms with van der Waals surface area (Å²) in [5.41, 5.74) is 0.270. The molecule has 2 nitrogen and oxygen atoms in total. The van der Waals surface area contributed by atoms with E-state index in [0.29, 0.717) is 18.6 Å². The van der Waals surface area contributed by atoms with Crippen LogP contribution in [0.3, 0.4) is 0 Å². The molecule has 0 fully saturated rings. The highest BCUT2D eigenvalue weighted by molar-refractivity contribution is 5.79. The number of carbonyl (C=O) groups excluding carboxylic acids is 1. The second-order valence-corrected chi connectivity index (χ2v) is 3.36. The second kappa shape index (κ2) is 6.17. The van der Waals surface area contributed by atoms with Crippen molar-refractivity contribution < 1.29 is 13.9 Å². The molecule has 82 valence electrons. The first-order chi connectivity index (χ1) is 7.27. The van der Waals surface area contributed by atoms with Crippen molar-refractivity contribution in [3.05, 3.63) is 29.6 Å². The Hall–Kier alpha value is -1.38. The lowest BCUT2D eigenvalue weighted by Crippen LogP contribution is -2.00. The fourth-order valence-corrected chi connectivity index (χ4v) is 1.28. The van der Waals surface area contributed by atoms with Gasteiger partial charge in [0.25, 0.3) is 0 Å². The van der Waals surface area contributed by atoms with E-state index in [0.717, 1.165) is 19.3 Å². The van der Waals surface area contributed by atoms with Crippen LogP contribution >= 0.6 is 0 Å². The first-order valence-corrected chi connectivity index (χ1v) is 5.15. The third-order valence-corrected chi connectivity index (χ3v) is 2.10. The maximum atomic E-state index is 12.8. The molecule has 0 N–H and O–H groups in total. The Bertz CT molecular complexity index is 323. The van der Waals surface area contributed by atoms with Crippen LogP contribution in [0, 0.1) is 5.82 Å². The Kier molecular flexibility index (Phi) is 4.81. The van der Waals surface area contributed by atoms with E-state index in [4.69, 9.17) is 4.74 Å². The standard InChI is InChI=1S/C12H15FO2/c1-2-3-4-7-15-12-6-5-11(13)8-10(12)9-14/h5-6,8-9H,2-4,7H2,1H3.